The molecule has 3 aromatic heterocycles. The van der Waals surface area contributed by atoms with E-state index in [2.05, 4.69) is 15.0 Å². The van der Waals surface area contributed by atoms with Crippen LogP contribution < -0.4 is 0 Å². The SMILES string of the molecule is COC(=O)[C@@H]1C2CCC(CC2)[C@H]1Cc1nc(-c2c[nH]c3ncc(Cl)cc23)c(F)cc1F. The van der Waals surface area contributed by atoms with Gasteiger partial charge in [-0.3, -0.25) is 4.79 Å². The molecule has 0 radical (unpaired) electrons. The predicted octanol–water partition coefficient (Wildman–Crippen LogP) is 5.32. The summed E-state index contributed by atoms with van der Waals surface area (Å²) in [6.45, 7) is 0. The number of H-pyrrole nitrogens is 1. The average Bonchev–Trinajstić information content (AvgIpc) is 3.18. The van der Waals surface area contributed by atoms with Gasteiger partial charge in [-0.1, -0.05) is 11.6 Å². The second-order valence-corrected chi connectivity index (χ2v) is 9.03. The van der Waals surface area contributed by atoms with Crippen LogP contribution in [0.1, 0.15) is 31.4 Å². The molecule has 3 saturated carbocycles. The summed E-state index contributed by atoms with van der Waals surface area (Å²) in [5.41, 5.74) is 1.23. The maximum absolute atomic E-state index is 14.8. The summed E-state index contributed by atoms with van der Waals surface area (Å²) < 4.78 is 34.6. The van der Waals surface area contributed by atoms with Crippen LogP contribution in [0.5, 0.6) is 0 Å². The van der Waals surface area contributed by atoms with Gasteiger partial charge in [0.15, 0.2) is 5.82 Å². The summed E-state index contributed by atoms with van der Waals surface area (Å²) >= 11 is 6.06. The first-order valence-electron chi connectivity index (χ1n) is 10.5. The molecule has 3 aliphatic carbocycles. The Balaban J connectivity index is 1.54. The van der Waals surface area contributed by atoms with Gasteiger partial charge >= 0.3 is 5.97 Å². The number of aromatic amines is 1. The molecule has 6 rings (SSSR count). The molecule has 0 unspecified atom stereocenters. The molecule has 162 valence electrons. The van der Waals surface area contributed by atoms with E-state index in [1.54, 1.807) is 12.3 Å². The lowest BCUT2D eigenvalue weighted by atomic mass is 9.57. The fraction of sp³-hybridized carbons (Fsp3) is 0.435. The normalized spacial score (nSPS) is 25.2. The number of esters is 1. The van der Waals surface area contributed by atoms with E-state index in [-0.39, 0.29) is 41.5 Å². The highest BCUT2D eigenvalue weighted by molar-refractivity contribution is 6.31. The van der Waals surface area contributed by atoms with Crippen molar-refractivity contribution in [3.63, 3.8) is 0 Å². The maximum Gasteiger partial charge on any atom is 0.309 e. The van der Waals surface area contributed by atoms with Crippen LogP contribution in [0.2, 0.25) is 5.02 Å². The van der Waals surface area contributed by atoms with Gasteiger partial charge in [0.05, 0.1) is 23.7 Å². The number of carbonyl (C=O) groups excluding carboxylic acids is 1. The number of hydrogen-bond donors (Lipinski definition) is 1. The van der Waals surface area contributed by atoms with Gasteiger partial charge in [0.1, 0.15) is 17.2 Å². The third-order valence-electron chi connectivity index (χ3n) is 7.05. The molecule has 2 bridgehead atoms. The second-order valence-electron chi connectivity index (χ2n) is 8.59. The van der Waals surface area contributed by atoms with E-state index >= 15 is 0 Å². The molecule has 8 heteroatoms. The van der Waals surface area contributed by atoms with Crippen molar-refractivity contribution in [2.75, 3.05) is 7.11 Å². The van der Waals surface area contributed by atoms with E-state index in [0.29, 0.717) is 27.5 Å². The highest BCUT2D eigenvalue weighted by Crippen LogP contribution is 2.50. The van der Waals surface area contributed by atoms with Crippen LogP contribution in [0.3, 0.4) is 0 Å². The summed E-state index contributed by atoms with van der Waals surface area (Å²) in [5, 5.41) is 1.02. The van der Waals surface area contributed by atoms with Crippen LogP contribution in [0.25, 0.3) is 22.3 Å². The van der Waals surface area contributed by atoms with Crippen LogP contribution in [-0.2, 0) is 16.0 Å². The first-order chi connectivity index (χ1) is 15.0. The van der Waals surface area contributed by atoms with Gasteiger partial charge in [0, 0.05) is 29.4 Å². The zero-order chi connectivity index (χ0) is 21.7. The lowest BCUT2D eigenvalue weighted by Gasteiger charge is -2.47. The highest BCUT2D eigenvalue weighted by Gasteiger charge is 2.47. The van der Waals surface area contributed by atoms with Gasteiger partial charge in [0.25, 0.3) is 0 Å². The number of carbonyl (C=O) groups is 1. The molecule has 3 aliphatic rings. The van der Waals surface area contributed by atoms with Gasteiger partial charge in [-0.25, -0.2) is 18.7 Å². The molecule has 3 aromatic rings. The number of fused-ring (bicyclic) bond motifs is 4. The first-order valence-corrected chi connectivity index (χ1v) is 10.9. The number of nitrogens with one attached hydrogen (secondary N) is 1. The largest absolute Gasteiger partial charge is 0.469 e. The zero-order valence-electron chi connectivity index (χ0n) is 17.0. The maximum atomic E-state index is 14.8. The molecule has 2 atom stereocenters. The van der Waals surface area contributed by atoms with Crippen molar-refractivity contribution < 1.29 is 18.3 Å². The van der Waals surface area contributed by atoms with E-state index in [9.17, 15) is 13.6 Å². The van der Waals surface area contributed by atoms with Crippen LogP contribution >= 0.6 is 11.6 Å². The second kappa shape index (κ2) is 7.86. The number of halogens is 3. The number of aromatic nitrogens is 3. The minimum Gasteiger partial charge on any atom is -0.469 e. The summed E-state index contributed by atoms with van der Waals surface area (Å²) in [6.07, 6.45) is 7.40. The molecule has 3 fully saturated rings. The van der Waals surface area contributed by atoms with Crippen LogP contribution in [-0.4, -0.2) is 28.0 Å². The van der Waals surface area contributed by atoms with E-state index in [1.807, 2.05) is 0 Å². The van der Waals surface area contributed by atoms with Crippen LogP contribution in [0.15, 0.2) is 24.5 Å². The number of nitrogens with zero attached hydrogens (tertiary/aromatic N) is 2. The summed E-state index contributed by atoms with van der Waals surface area (Å²) in [5.74, 6) is -1.42. The van der Waals surface area contributed by atoms with Crippen LogP contribution in [0.4, 0.5) is 8.78 Å². The Bertz CT molecular complexity index is 1160. The number of methoxy groups -OCH3 is 1. The van der Waals surface area contributed by atoms with Crippen molar-refractivity contribution in [3.8, 4) is 11.3 Å². The van der Waals surface area contributed by atoms with Crippen molar-refractivity contribution in [3.05, 3.63) is 46.9 Å². The van der Waals surface area contributed by atoms with Gasteiger partial charge < -0.3 is 9.72 Å². The fourth-order valence-corrected chi connectivity index (χ4v) is 5.76. The minimum atomic E-state index is -0.753. The molecule has 31 heavy (non-hydrogen) atoms. The van der Waals surface area contributed by atoms with Gasteiger partial charge in [-0.2, -0.15) is 0 Å². The van der Waals surface area contributed by atoms with E-state index in [0.717, 1.165) is 31.7 Å². The van der Waals surface area contributed by atoms with E-state index < -0.39 is 11.6 Å². The van der Waals surface area contributed by atoms with E-state index in [4.69, 9.17) is 16.3 Å². The van der Waals surface area contributed by atoms with Crippen molar-refractivity contribution in [1.82, 2.24) is 15.0 Å². The Morgan fingerprint density at radius 2 is 1.94 bits per heavy atom. The number of ether oxygens (including phenoxy) is 1. The number of hydrogen-bond acceptors (Lipinski definition) is 4. The molecule has 0 aromatic carbocycles. The van der Waals surface area contributed by atoms with Gasteiger partial charge in [-0.05, 0) is 55.9 Å². The lowest BCUT2D eigenvalue weighted by Crippen LogP contribution is -2.45. The molecular formula is C23H22ClF2N3O2. The monoisotopic (exact) mass is 445 g/mol. The minimum absolute atomic E-state index is 0.0438. The Morgan fingerprint density at radius 1 is 1.19 bits per heavy atom. The molecule has 0 saturated heterocycles. The van der Waals surface area contributed by atoms with Gasteiger partial charge in [-0.15, -0.1) is 0 Å². The number of rotatable bonds is 4. The molecule has 1 N–H and O–H groups in total. The Hall–Kier alpha value is -2.54. The molecule has 0 spiro atoms. The van der Waals surface area contributed by atoms with E-state index in [1.165, 1.54) is 13.3 Å². The first kappa shape index (κ1) is 20.4. The van der Waals surface area contributed by atoms with Crippen molar-refractivity contribution in [2.24, 2.45) is 23.7 Å². The third kappa shape index (κ3) is 3.49. The standard InChI is InChI=1S/C23H22ClF2N3O2/c1-31-23(30)20-12-4-2-11(3-5-12)14(20)7-19-17(25)8-18(26)21(29-19)16-10-28-22-15(16)6-13(24)9-27-22/h6,8-12,14,20H,2-5,7H2,1H3,(H,27,28)/t11?,12?,14-,20-/m1/s1. The molecule has 0 amide bonds. The van der Waals surface area contributed by atoms with Crippen molar-refractivity contribution in [1.29, 1.82) is 0 Å². The predicted molar refractivity (Wildman–Crippen MR) is 112 cm³/mol. The molecule has 5 nitrogen and oxygen atoms in total. The summed E-state index contributed by atoms with van der Waals surface area (Å²) in [4.78, 5) is 24.1. The quantitative estimate of drug-likeness (QED) is 0.551. The van der Waals surface area contributed by atoms with Crippen LogP contribution in [0, 0.1) is 35.3 Å². The Labute approximate surface area is 183 Å². The lowest BCUT2D eigenvalue weighted by molar-refractivity contribution is -0.156. The van der Waals surface area contributed by atoms with Gasteiger partial charge in [0.2, 0.25) is 0 Å². The average molecular weight is 446 g/mol. The van der Waals surface area contributed by atoms with Crippen molar-refractivity contribution >= 4 is 28.6 Å². The zero-order valence-corrected chi connectivity index (χ0v) is 17.8. The fourth-order valence-electron chi connectivity index (χ4n) is 5.61. The van der Waals surface area contributed by atoms with Crippen molar-refractivity contribution in [2.45, 2.75) is 32.1 Å². The Kier molecular flexibility index (Phi) is 5.16. The number of pyridine rings is 2. The summed E-state index contributed by atoms with van der Waals surface area (Å²) in [7, 11) is 1.40. The summed E-state index contributed by atoms with van der Waals surface area (Å²) in [6, 6.07) is 2.55. The third-order valence-corrected chi connectivity index (χ3v) is 7.26. The molecule has 3 heterocycles. The smallest absolute Gasteiger partial charge is 0.309 e. The molecular weight excluding hydrogens is 424 g/mol. The highest BCUT2D eigenvalue weighted by atomic mass is 35.5. The topological polar surface area (TPSA) is 67.9 Å². The molecule has 0 aliphatic heterocycles. The Morgan fingerprint density at radius 3 is 2.68 bits per heavy atom.